The Kier molecular flexibility index (Phi) is 4.79. The third-order valence-electron chi connectivity index (χ3n) is 3.72. The summed E-state index contributed by atoms with van der Waals surface area (Å²) in [6, 6.07) is 3.82. The van der Waals surface area contributed by atoms with Gasteiger partial charge in [0.15, 0.2) is 5.82 Å². The number of benzene rings is 1. The molecule has 0 saturated heterocycles. The number of anilines is 1. The molecule has 0 amide bonds. The molecule has 0 spiro atoms. The van der Waals surface area contributed by atoms with E-state index >= 15 is 0 Å². The molecule has 0 radical (unpaired) electrons. The zero-order valence-corrected chi connectivity index (χ0v) is 13.3. The van der Waals surface area contributed by atoms with Gasteiger partial charge in [0.25, 0.3) is 0 Å². The van der Waals surface area contributed by atoms with Crippen LogP contribution in [0, 0.1) is 11.7 Å². The van der Waals surface area contributed by atoms with Crippen molar-refractivity contribution >= 4 is 38.8 Å². The fraction of sp³-hybridized carbons (Fsp3) is 0.500. The summed E-state index contributed by atoms with van der Waals surface area (Å²) in [6.07, 6.45) is 4.58. The number of hydrogen-bond acceptors (Lipinski definition) is 2. The SMILES string of the molecule is CC1CCC(Nc2ccc(C(N)=S)c(Br)c2F)CC1. The van der Waals surface area contributed by atoms with Crippen molar-refractivity contribution in [3.63, 3.8) is 0 Å². The first kappa shape index (κ1) is 14.7. The van der Waals surface area contributed by atoms with E-state index in [2.05, 4.69) is 28.2 Å². The van der Waals surface area contributed by atoms with E-state index in [1.807, 2.05) is 0 Å². The first-order valence-electron chi connectivity index (χ1n) is 6.53. The third-order valence-corrected chi connectivity index (χ3v) is 4.72. The molecule has 19 heavy (non-hydrogen) atoms. The molecule has 1 aliphatic carbocycles. The van der Waals surface area contributed by atoms with Gasteiger partial charge >= 0.3 is 0 Å². The smallest absolute Gasteiger partial charge is 0.161 e. The van der Waals surface area contributed by atoms with Crippen molar-refractivity contribution in [3.8, 4) is 0 Å². The third kappa shape index (κ3) is 3.45. The zero-order chi connectivity index (χ0) is 14.0. The zero-order valence-electron chi connectivity index (χ0n) is 10.9. The molecule has 0 heterocycles. The maximum atomic E-state index is 14.2. The highest BCUT2D eigenvalue weighted by Gasteiger charge is 2.20. The Balaban J connectivity index is 2.13. The number of nitrogens with one attached hydrogen (secondary N) is 1. The van der Waals surface area contributed by atoms with Crippen LogP contribution in [0.1, 0.15) is 38.2 Å². The van der Waals surface area contributed by atoms with Crippen molar-refractivity contribution in [3.05, 3.63) is 28.0 Å². The number of rotatable bonds is 3. The van der Waals surface area contributed by atoms with Crippen molar-refractivity contribution in [1.29, 1.82) is 0 Å². The molecule has 1 saturated carbocycles. The highest BCUT2D eigenvalue weighted by Crippen LogP contribution is 2.30. The summed E-state index contributed by atoms with van der Waals surface area (Å²) >= 11 is 8.11. The minimum absolute atomic E-state index is 0.198. The highest BCUT2D eigenvalue weighted by molar-refractivity contribution is 9.10. The molecule has 1 aromatic carbocycles. The summed E-state index contributed by atoms with van der Waals surface area (Å²) in [5.74, 6) is 0.468. The van der Waals surface area contributed by atoms with Gasteiger partial charge in [0, 0.05) is 11.6 Å². The highest BCUT2D eigenvalue weighted by atomic mass is 79.9. The van der Waals surface area contributed by atoms with Gasteiger partial charge in [-0.25, -0.2) is 4.39 Å². The second kappa shape index (κ2) is 6.18. The Hall–Kier alpha value is -0.680. The molecule has 0 atom stereocenters. The van der Waals surface area contributed by atoms with Gasteiger partial charge in [-0.1, -0.05) is 19.1 Å². The second-order valence-electron chi connectivity index (χ2n) is 5.25. The molecule has 104 valence electrons. The molecule has 2 nitrogen and oxygen atoms in total. The molecule has 1 aromatic rings. The minimum Gasteiger partial charge on any atom is -0.389 e. The fourth-order valence-electron chi connectivity index (χ4n) is 2.48. The van der Waals surface area contributed by atoms with E-state index in [0.717, 1.165) is 18.8 Å². The van der Waals surface area contributed by atoms with Gasteiger partial charge in [-0.05, 0) is 59.7 Å². The van der Waals surface area contributed by atoms with E-state index < -0.39 is 0 Å². The molecule has 3 N–H and O–H groups in total. The number of nitrogens with two attached hydrogens (primary N) is 1. The molecule has 0 bridgehead atoms. The van der Waals surface area contributed by atoms with Crippen molar-refractivity contribution < 1.29 is 4.39 Å². The maximum Gasteiger partial charge on any atom is 0.161 e. The van der Waals surface area contributed by atoms with Gasteiger partial charge in [0.2, 0.25) is 0 Å². The summed E-state index contributed by atoms with van der Waals surface area (Å²) in [5.41, 5.74) is 6.60. The van der Waals surface area contributed by atoms with Crippen LogP contribution < -0.4 is 11.1 Å². The Labute approximate surface area is 127 Å². The van der Waals surface area contributed by atoms with Gasteiger partial charge < -0.3 is 11.1 Å². The van der Waals surface area contributed by atoms with Crippen LogP contribution >= 0.6 is 28.1 Å². The lowest BCUT2D eigenvalue weighted by Gasteiger charge is -2.28. The molecular weight excluding hydrogens is 327 g/mol. The molecule has 2 rings (SSSR count). The Morgan fingerprint density at radius 2 is 2.00 bits per heavy atom. The van der Waals surface area contributed by atoms with Crippen molar-refractivity contribution in [2.24, 2.45) is 11.7 Å². The summed E-state index contributed by atoms with van der Waals surface area (Å²) in [7, 11) is 0. The lowest BCUT2D eigenvalue weighted by Crippen LogP contribution is -2.25. The topological polar surface area (TPSA) is 38.0 Å². The van der Waals surface area contributed by atoms with Crippen LogP contribution in [0.3, 0.4) is 0 Å². The summed E-state index contributed by atoms with van der Waals surface area (Å²) < 4.78 is 14.6. The molecule has 0 unspecified atom stereocenters. The second-order valence-corrected chi connectivity index (χ2v) is 6.49. The van der Waals surface area contributed by atoms with Gasteiger partial charge in [0.1, 0.15) is 4.99 Å². The normalized spacial score (nSPS) is 23.1. The Bertz CT molecular complexity index is 485. The van der Waals surface area contributed by atoms with Crippen molar-refractivity contribution in [1.82, 2.24) is 0 Å². The van der Waals surface area contributed by atoms with Gasteiger partial charge in [-0.3, -0.25) is 0 Å². The van der Waals surface area contributed by atoms with Gasteiger partial charge in [0.05, 0.1) is 10.2 Å². The predicted molar refractivity (Wildman–Crippen MR) is 85.0 cm³/mol. The number of thiocarbonyl (C=S) groups is 1. The molecule has 1 aliphatic rings. The minimum atomic E-state index is -0.316. The van der Waals surface area contributed by atoms with E-state index in [0.29, 0.717) is 21.8 Å². The largest absolute Gasteiger partial charge is 0.389 e. The molecule has 0 aromatic heterocycles. The summed E-state index contributed by atoms with van der Waals surface area (Å²) in [6.45, 7) is 2.27. The van der Waals surface area contributed by atoms with Crippen LogP contribution in [0.25, 0.3) is 0 Å². The van der Waals surface area contributed by atoms with Crippen LogP contribution in [0.5, 0.6) is 0 Å². The van der Waals surface area contributed by atoms with E-state index in [-0.39, 0.29) is 10.8 Å². The Morgan fingerprint density at radius 3 is 2.58 bits per heavy atom. The average molecular weight is 345 g/mol. The van der Waals surface area contributed by atoms with Gasteiger partial charge in [-0.15, -0.1) is 0 Å². The van der Waals surface area contributed by atoms with E-state index in [9.17, 15) is 4.39 Å². The molecule has 0 aliphatic heterocycles. The van der Waals surface area contributed by atoms with E-state index in [4.69, 9.17) is 18.0 Å². The van der Waals surface area contributed by atoms with Crippen molar-refractivity contribution in [2.75, 3.05) is 5.32 Å². The lowest BCUT2D eigenvalue weighted by molar-refractivity contribution is 0.360. The van der Waals surface area contributed by atoms with Crippen molar-refractivity contribution in [2.45, 2.75) is 38.6 Å². The van der Waals surface area contributed by atoms with Crippen LogP contribution in [-0.4, -0.2) is 11.0 Å². The van der Waals surface area contributed by atoms with Crippen LogP contribution in [0.15, 0.2) is 16.6 Å². The molecular formula is C14H18BrFN2S. The first-order valence-corrected chi connectivity index (χ1v) is 7.73. The predicted octanol–water partition coefficient (Wildman–Crippen LogP) is 4.21. The summed E-state index contributed by atoms with van der Waals surface area (Å²) in [4.78, 5) is 0.198. The first-order chi connectivity index (χ1) is 8.99. The molecule has 5 heteroatoms. The quantitative estimate of drug-likeness (QED) is 0.806. The van der Waals surface area contributed by atoms with Crippen LogP contribution in [-0.2, 0) is 0 Å². The maximum absolute atomic E-state index is 14.2. The number of halogens is 2. The summed E-state index contributed by atoms with van der Waals surface area (Å²) in [5, 5.41) is 3.29. The number of hydrogen-bond donors (Lipinski definition) is 2. The van der Waals surface area contributed by atoms with Crippen LogP contribution in [0.4, 0.5) is 10.1 Å². The van der Waals surface area contributed by atoms with E-state index in [1.165, 1.54) is 12.8 Å². The fourth-order valence-corrected chi connectivity index (χ4v) is 3.34. The monoisotopic (exact) mass is 344 g/mol. The van der Waals surface area contributed by atoms with Gasteiger partial charge in [-0.2, -0.15) is 0 Å². The molecule has 1 fully saturated rings. The average Bonchev–Trinajstić information content (AvgIpc) is 2.37. The lowest BCUT2D eigenvalue weighted by atomic mass is 9.87. The van der Waals surface area contributed by atoms with Crippen LogP contribution in [0.2, 0.25) is 0 Å². The van der Waals surface area contributed by atoms with E-state index in [1.54, 1.807) is 12.1 Å². The standard InChI is InChI=1S/C14H18BrFN2S/c1-8-2-4-9(5-3-8)18-11-7-6-10(14(17)19)12(15)13(11)16/h6-9,18H,2-5H2,1H3,(H2,17,19). The Morgan fingerprint density at radius 1 is 1.37 bits per heavy atom.